The summed E-state index contributed by atoms with van der Waals surface area (Å²) >= 11 is 0. The van der Waals surface area contributed by atoms with Gasteiger partial charge in [0, 0.05) is 12.1 Å². The average molecular weight is 440 g/mol. The first-order valence-electron chi connectivity index (χ1n) is 11.8. The number of imidazole rings is 1. The van der Waals surface area contributed by atoms with Gasteiger partial charge in [0.25, 0.3) is 5.91 Å². The van der Waals surface area contributed by atoms with Crippen molar-refractivity contribution >= 4 is 16.9 Å². The van der Waals surface area contributed by atoms with Crippen LogP contribution in [0.5, 0.6) is 0 Å². The first-order valence-corrected chi connectivity index (χ1v) is 11.8. The van der Waals surface area contributed by atoms with Crippen LogP contribution in [0, 0.1) is 0 Å². The van der Waals surface area contributed by atoms with Crippen LogP contribution in [0.3, 0.4) is 0 Å². The van der Waals surface area contributed by atoms with E-state index in [1.165, 1.54) is 11.1 Å². The lowest BCUT2D eigenvalue weighted by Gasteiger charge is -2.21. The van der Waals surface area contributed by atoms with Crippen molar-refractivity contribution < 1.29 is 4.79 Å². The molecule has 0 spiro atoms. The number of nitrogens with zero attached hydrogens (tertiary/aromatic N) is 2. The summed E-state index contributed by atoms with van der Waals surface area (Å²) in [7, 11) is 0. The topological polar surface area (TPSA) is 46.9 Å². The molecule has 4 nitrogen and oxygen atoms in total. The minimum absolute atomic E-state index is 0.0674. The number of rotatable bonds is 7. The van der Waals surface area contributed by atoms with Crippen molar-refractivity contribution in [2.24, 2.45) is 0 Å². The van der Waals surface area contributed by atoms with Crippen LogP contribution >= 0.6 is 0 Å². The molecule has 1 heterocycles. The van der Waals surface area contributed by atoms with Gasteiger partial charge in [-0.25, -0.2) is 4.98 Å². The van der Waals surface area contributed by atoms with E-state index in [2.05, 4.69) is 67.9 Å². The number of hydrogen-bond acceptors (Lipinski definition) is 2. The Morgan fingerprint density at radius 3 is 2.27 bits per heavy atom. The van der Waals surface area contributed by atoms with E-state index in [1.807, 2.05) is 48.5 Å². The molecule has 4 aromatic rings. The highest BCUT2D eigenvalue weighted by Crippen LogP contribution is 2.27. The number of fused-ring (bicyclic) bond motifs is 1. The van der Waals surface area contributed by atoms with E-state index in [-0.39, 0.29) is 17.4 Å². The molecule has 0 unspecified atom stereocenters. The molecule has 1 atom stereocenters. The number of hydrogen-bond donors (Lipinski definition) is 1. The van der Waals surface area contributed by atoms with Crippen molar-refractivity contribution in [1.29, 1.82) is 0 Å². The second-order valence-electron chi connectivity index (χ2n) is 9.67. The summed E-state index contributed by atoms with van der Waals surface area (Å²) in [5.41, 5.74) is 5.37. The molecule has 1 amide bonds. The molecule has 4 rings (SSSR count). The van der Waals surface area contributed by atoms with Gasteiger partial charge in [0.05, 0.1) is 17.1 Å². The Bertz CT molecular complexity index is 1220. The molecule has 170 valence electrons. The van der Waals surface area contributed by atoms with E-state index >= 15 is 0 Å². The number of carbonyl (C=O) groups is 1. The zero-order valence-electron chi connectivity index (χ0n) is 20.0. The van der Waals surface area contributed by atoms with Crippen molar-refractivity contribution in [3.8, 4) is 0 Å². The summed E-state index contributed by atoms with van der Waals surface area (Å²) in [6.07, 6.45) is 1.77. The van der Waals surface area contributed by atoms with Gasteiger partial charge in [0.2, 0.25) is 0 Å². The number of amides is 1. The molecule has 1 aromatic heterocycles. The van der Waals surface area contributed by atoms with Gasteiger partial charge >= 0.3 is 0 Å². The molecule has 0 fully saturated rings. The van der Waals surface area contributed by atoms with Crippen molar-refractivity contribution in [2.75, 3.05) is 0 Å². The molecular weight excluding hydrogens is 406 g/mol. The van der Waals surface area contributed by atoms with E-state index in [9.17, 15) is 4.79 Å². The fourth-order valence-corrected chi connectivity index (χ4v) is 4.20. The van der Waals surface area contributed by atoms with Gasteiger partial charge in [-0.05, 0) is 47.2 Å². The number of benzene rings is 3. The molecule has 0 saturated carbocycles. The molecule has 1 N–H and O–H groups in total. The lowest BCUT2D eigenvalue weighted by atomic mass is 9.87. The Morgan fingerprint density at radius 2 is 1.61 bits per heavy atom. The Morgan fingerprint density at radius 1 is 0.939 bits per heavy atom. The van der Waals surface area contributed by atoms with E-state index in [1.54, 1.807) is 0 Å². The van der Waals surface area contributed by atoms with Crippen LogP contribution in [-0.4, -0.2) is 15.5 Å². The number of carbonyl (C=O) groups excluding carboxylic acids is 1. The first kappa shape index (κ1) is 22.8. The second kappa shape index (κ2) is 9.62. The van der Waals surface area contributed by atoms with E-state index in [0.717, 1.165) is 29.7 Å². The molecule has 0 aliphatic carbocycles. The SMILES string of the molecule is CCC[C@H](NC(=O)c1ccccc1)c1nc2ccccc2n1Cc1ccc(C(C)(C)C)cc1. The fourth-order valence-electron chi connectivity index (χ4n) is 4.20. The predicted molar refractivity (Wildman–Crippen MR) is 136 cm³/mol. The van der Waals surface area contributed by atoms with E-state index in [4.69, 9.17) is 4.98 Å². The molecule has 4 heteroatoms. The average Bonchev–Trinajstić information content (AvgIpc) is 3.17. The number of nitrogens with one attached hydrogen (secondary N) is 1. The second-order valence-corrected chi connectivity index (χ2v) is 9.67. The third kappa shape index (κ3) is 5.16. The van der Waals surface area contributed by atoms with Gasteiger partial charge in [-0.3, -0.25) is 4.79 Å². The van der Waals surface area contributed by atoms with Crippen molar-refractivity contribution in [3.63, 3.8) is 0 Å². The summed E-state index contributed by atoms with van der Waals surface area (Å²) in [5.74, 6) is 0.837. The molecule has 0 aliphatic rings. The highest BCUT2D eigenvalue weighted by Gasteiger charge is 2.22. The molecular formula is C29H33N3O. The van der Waals surface area contributed by atoms with Crippen LogP contribution in [0.4, 0.5) is 0 Å². The Labute approximate surface area is 196 Å². The van der Waals surface area contributed by atoms with Gasteiger partial charge in [0.15, 0.2) is 0 Å². The van der Waals surface area contributed by atoms with Crippen LogP contribution in [0.25, 0.3) is 11.0 Å². The minimum atomic E-state index is -0.163. The quantitative estimate of drug-likeness (QED) is 0.350. The predicted octanol–water partition coefficient (Wildman–Crippen LogP) is 6.65. The van der Waals surface area contributed by atoms with E-state index < -0.39 is 0 Å². The maximum atomic E-state index is 13.0. The first-order chi connectivity index (χ1) is 15.9. The maximum absolute atomic E-state index is 13.0. The van der Waals surface area contributed by atoms with Gasteiger partial charge < -0.3 is 9.88 Å². The van der Waals surface area contributed by atoms with Crippen LogP contribution in [0.1, 0.15) is 73.9 Å². The normalized spacial score (nSPS) is 12.6. The standard InChI is InChI=1S/C29H33N3O/c1-5-11-25(31-28(33)22-12-7-6-8-13-22)27-30-24-14-9-10-15-26(24)32(27)20-21-16-18-23(19-17-21)29(2,3)4/h6-10,12-19,25H,5,11,20H2,1-4H3,(H,31,33)/t25-/m0/s1. The van der Waals surface area contributed by atoms with Gasteiger partial charge in [-0.15, -0.1) is 0 Å². The summed E-state index contributed by atoms with van der Waals surface area (Å²) < 4.78 is 2.26. The molecule has 0 bridgehead atoms. The zero-order chi connectivity index (χ0) is 23.4. The summed E-state index contributed by atoms with van der Waals surface area (Å²) in [5, 5.41) is 3.24. The molecule has 0 saturated heterocycles. The Kier molecular flexibility index (Phi) is 6.64. The van der Waals surface area contributed by atoms with Crippen LogP contribution in [-0.2, 0) is 12.0 Å². The smallest absolute Gasteiger partial charge is 0.251 e. The van der Waals surface area contributed by atoms with Gasteiger partial charge in [-0.1, -0.05) is 88.7 Å². The van der Waals surface area contributed by atoms with Crippen LogP contribution in [0.2, 0.25) is 0 Å². The Hall–Kier alpha value is -3.40. The Balaban J connectivity index is 1.70. The zero-order valence-corrected chi connectivity index (χ0v) is 20.0. The summed E-state index contributed by atoms with van der Waals surface area (Å²) in [6, 6.07) is 26.3. The molecule has 3 aromatic carbocycles. The summed E-state index contributed by atoms with van der Waals surface area (Å²) in [6.45, 7) is 9.54. The van der Waals surface area contributed by atoms with Crippen LogP contribution < -0.4 is 5.32 Å². The third-order valence-corrected chi connectivity index (χ3v) is 6.08. The molecule has 33 heavy (non-hydrogen) atoms. The highest BCUT2D eigenvalue weighted by atomic mass is 16.1. The van der Waals surface area contributed by atoms with Crippen molar-refractivity contribution in [3.05, 3.63) is 101 Å². The lowest BCUT2D eigenvalue weighted by molar-refractivity contribution is 0.0932. The van der Waals surface area contributed by atoms with Crippen molar-refractivity contribution in [1.82, 2.24) is 14.9 Å². The monoisotopic (exact) mass is 439 g/mol. The molecule has 0 radical (unpaired) electrons. The van der Waals surface area contributed by atoms with Crippen molar-refractivity contribution in [2.45, 2.75) is 58.5 Å². The maximum Gasteiger partial charge on any atom is 0.251 e. The van der Waals surface area contributed by atoms with Crippen LogP contribution in [0.15, 0.2) is 78.9 Å². The lowest BCUT2D eigenvalue weighted by Crippen LogP contribution is -2.30. The molecule has 0 aliphatic heterocycles. The third-order valence-electron chi connectivity index (χ3n) is 6.08. The summed E-state index contributed by atoms with van der Waals surface area (Å²) in [4.78, 5) is 18.0. The minimum Gasteiger partial charge on any atom is -0.342 e. The van der Waals surface area contributed by atoms with Gasteiger partial charge in [0.1, 0.15) is 5.82 Å². The number of aromatic nitrogens is 2. The van der Waals surface area contributed by atoms with Gasteiger partial charge in [-0.2, -0.15) is 0 Å². The number of para-hydroxylation sites is 2. The fraction of sp³-hybridized carbons (Fsp3) is 0.310. The highest BCUT2D eigenvalue weighted by molar-refractivity contribution is 5.94. The van der Waals surface area contributed by atoms with E-state index in [0.29, 0.717) is 12.1 Å². The largest absolute Gasteiger partial charge is 0.342 e.